The van der Waals surface area contributed by atoms with Crippen LogP contribution in [0.1, 0.15) is 28.9 Å². The second-order valence-corrected chi connectivity index (χ2v) is 4.95. The highest BCUT2D eigenvalue weighted by molar-refractivity contribution is 5.85. The summed E-state index contributed by atoms with van der Waals surface area (Å²) in [4.78, 5) is 16.4. The summed E-state index contributed by atoms with van der Waals surface area (Å²) >= 11 is 0. The molecule has 0 saturated carbocycles. The topological polar surface area (TPSA) is 53.4 Å². The van der Waals surface area contributed by atoms with E-state index in [2.05, 4.69) is 4.98 Å². The number of aromatic carboxylic acids is 1. The highest BCUT2D eigenvalue weighted by atomic mass is 19.4. The summed E-state index contributed by atoms with van der Waals surface area (Å²) in [6.45, 7) is 1.19. The van der Waals surface area contributed by atoms with Crippen molar-refractivity contribution in [2.75, 3.05) is 13.1 Å². The Morgan fingerprint density at radius 3 is 2.60 bits per heavy atom. The minimum absolute atomic E-state index is 0.0484. The maximum absolute atomic E-state index is 12.5. The first-order valence-corrected chi connectivity index (χ1v) is 6.33. The van der Waals surface area contributed by atoms with E-state index in [0.29, 0.717) is 19.6 Å². The molecule has 1 fully saturated rings. The van der Waals surface area contributed by atoms with E-state index in [4.69, 9.17) is 5.11 Å². The normalized spacial score (nSPS) is 18.1. The van der Waals surface area contributed by atoms with Crippen molar-refractivity contribution in [2.24, 2.45) is 5.92 Å². The summed E-state index contributed by atoms with van der Waals surface area (Å²) in [5, 5.41) is 8.84. The molecular weight excluding hydrogens is 273 g/mol. The van der Waals surface area contributed by atoms with E-state index in [0.717, 1.165) is 5.56 Å². The van der Waals surface area contributed by atoms with E-state index in [1.165, 1.54) is 12.3 Å². The predicted molar refractivity (Wildman–Crippen MR) is 65.3 cm³/mol. The summed E-state index contributed by atoms with van der Waals surface area (Å²) in [5.74, 6) is -2.33. The molecule has 0 bridgehead atoms. The van der Waals surface area contributed by atoms with Crippen LogP contribution in [0.2, 0.25) is 0 Å². The van der Waals surface area contributed by atoms with Crippen LogP contribution in [0.5, 0.6) is 0 Å². The Kier molecular flexibility index (Phi) is 4.27. The number of aromatic nitrogens is 1. The van der Waals surface area contributed by atoms with Gasteiger partial charge in [-0.15, -0.1) is 0 Å². The van der Waals surface area contributed by atoms with Crippen LogP contribution < -0.4 is 0 Å². The third kappa shape index (κ3) is 3.69. The first-order chi connectivity index (χ1) is 9.36. The summed E-state index contributed by atoms with van der Waals surface area (Å²) in [6, 6.07) is 3.14. The molecule has 1 aromatic heterocycles. The minimum Gasteiger partial charge on any atom is -0.477 e. The lowest BCUT2D eigenvalue weighted by Gasteiger charge is -2.32. The van der Waals surface area contributed by atoms with Gasteiger partial charge in [0.15, 0.2) is 0 Å². The Hall–Kier alpha value is -1.63. The summed E-state index contributed by atoms with van der Waals surface area (Å²) < 4.78 is 37.6. The Bertz CT molecular complexity index is 483. The van der Waals surface area contributed by atoms with Crippen molar-refractivity contribution in [1.29, 1.82) is 0 Å². The molecule has 7 heteroatoms. The van der Waals surface area contributed by atoms with Gasteiger partial charge in [0.2, 0.25) is 0 Å². The van der Waals surface area contributed by atoms with Crippen LogP contribution in [0.15, 0.2) is 18.3 Å². The lowest BCUT2D eigenvalue weighted by Crippen LogP contribution is -2.38. The fraction of sp³-hybridized carbons (Fsp3) is 0.538. The molecule has 4 nitrogen and oxygen atoms in total. The van der Waals surface area contributed by atoms with Gasteiger partial charge in [-0.1, -0.05) is 0 Å². The molecule has 0 aliphatic carbocycles. The summed E-state index contributed by atoms with van der Waals surface area (Å²) in [5.41, 5.74) is 0.704. The van der Waals surface area contributed by atoms with Gasteiger partial charge in [-0.25, -0.2) is 9.78 Å². The second kappa shape index (κ2) is 5.78. The van der Waals surface area contributed by atoms with Crippen molar-refractivity contribution in [1.82, 2.24) is 9.88 Å². The second-order valence-electron chi connectivity index (χ2n) is 4.95. The molecule has 2 heterocycles. The van der Waals surface area contributed by atoms with Gasteiger partial charge in [-0.2, -0.15) is 13.2 Å². The molecule has 1 N–H and O–H groups in total. The molecule has 1 saturated heterocycles. The van der Waals surface area contributed by atoms with Gasteiger partial charge in [-0.3, -0.25) is 4.90 Å². The van der Waals surface area contributed by atoms with Crippen LogP contribution >= 0.6 is 0 Å². The third-order valence-corrected chi connectivity index (χ3v) is 3.50. The quantitative estimate of drug-likeness (QED) is 0.928. The summed E-state index contributed by atoms with van der Waals surface area (Å²) in [7, 11) is 0. The molecule has 110 valence electrons. The first-order valence-electron chi connectivity index (χ1n) is 6.33. The lowest BCUT2D eigenvalue weighted by atomic mass is 9.96. The van der Waals surface area contributed by atoms with Crippen molar-refractivity contribution in [3.63, 3.8) is 0 Å². The average Bonchev–Trinajstić information content (AvgIpc) is 2.38. The molecule has 0 radical (unpaired) electrons. The van der Waals surface area contributed by atoms with Crippen molar-refractivity contribution in [2.45, 2.75) is 25.6 Å². The molecule has 0 spiro atoms. The van der Waals surface area contributed by atoms with Gasteiger partial charge in [-0.05, 0) is 43.6 Å². The molecule has 1 aromatic rings. The first kappa shape index (κ1) is 14.8. The van der Waals surface area contributed by atoms with Gasteiger partial charge >= 0.3 is 12.1 Å². The smallest absolute Gasteiger partial charge is 0.391 e. The van der Waals surface area contributed by atoms with Crippen LogP contribution in [0.25, 0.3) is 0 Å². The van der Waals surface area contributed by atoms with Gasteiger partial charge in [0.05, 0.1) is 5.92 Å². The monoisotopic (exact) mass is 288 g/mol. The Labute approximate surface area is 114 Å². The number of carboxylic acids is 1. The van der Waals surface area contributed by atoms with Crippen LogP contribution in [0.3, 0.4) is 0 Å². The molecule has 0 aromatic carbocycles. The molecule has 0 unspecified atom stereocenters. The van der Waals surface area contributed by atoms with E-state index in [9.17, 15) is 18.0 Å². The Morgan fingerprint density at radius 1 is 1.40 bits per heavy atom. The molecule has 2 rings (SSSR count). The van der Waals surface area contributed by atoms with E-state index in [-0.39, 0.29) is 18.5 Å². The Morgan fingerprint density at radius 2 is 2.05 bits per heavy atom. The number of carbonyl (C=O) groups is 1. The van der Waals surface area contributed by atoms with E-state index in [1.54, 1.807) is 6.07 Å². The van der Waals surface area contributed by atoms with Crippen LogP contribution in [0.4, 0.5) is 13.2 Å². The zero-order valence-corrected chi connectivity index (χ0v) is 10.7. The largest absolute Gasteiger partial charge is 0.477 e. The van der Waals surface area contributed by atoms with Gasteiger partial charge < -0.3 is 5.11 Å². The number of pyridine rings is 1. The highest BCUT2D eigenvalue weighted by Gasteiger charge is 2.40. The predicted octanol–water partition coefficient (Wildman–Crippen LogP) is 2.55. The van der Waals surface area contributed by atoms with Gasteiger partial charge in [0.1, 0.15) is 5.69 Å². The number of nitrogens with zero attached hydrogens (tertiary/aromatic N) is 2. The molecule has 0 atom stereocenters. The maximum Gasteiger partial charge on any atom is 0.391 e. The fourth-order valence-electron chi connectivity index (χ4n) is 2.37. The molecule has 1 aliphatic heterocycles. The zero-order valence-electron chi connectivity index (χ0n) is 10.7. The maximum atomic E-state index is 12.5. The lowest BCUT2D eigenvalue weighted by molar-refractivity contribution is -0.185. The van der Waals surface area contributed by atoms with Crippen molar-refractivity contribution >= 4 is 5.97 Å². The van der Waals surface area contributed by atoms with Crippen LogP contribution in [-0.4, -0.2) is 40.2 Å². The number of hydrogen-bond acceptors (Lipinski definition) is 3. The number of carboxylic acid groups (broad SMARTS) is 1. The fourth-order valence-corrected chi connectivity index (χ4v) is 2.37. The van der Waals surface area contributed by atoms with Crippen molar-refractivity contribution < 1.29 is 23.1 Å². The molecular formula is C13H15F3N2O2. The van der Waals surface area contributed by atoms with Gasteiger partial charge in [0, 0.05) is 12.7 Å². The number of rotatable bonds is 3. The zero-order chi connectivity index (χ0) is 14.8. The molecule has 20 heavy (non-hydrogen) atoms. The number of halogens is 3. The minimum atomic E-state index is -4.11. The molecule has 1 aliphatic rings. The standard InChI is InChI=1S/C13H15F3N2O2/c14-13(15,16)10-2-5-18(6-3-10)8-9-1-4-17-11(7-9)12(19)20/h1,4,7,10H,2-3,5-6,8H2,(H,19,20). The van der Waals surface area contributed by atoms with Gasteiger partial charge in [0.25, 0.3) is 0 Å². The average molecular weight is 288 g/mol. The highest BCUT2D eigenvalue weighted by Crippen LogP contribution is 2.34. The number of alkyl halides is 3. The Balaban J connectivity index is 1.93. The summed E-state index contributed by atoms with van der Waals surface area (Å²) in [6.07, 6.45) is -2.51. The SMILES string of the molecule is O=C(O)c1cc(CN2CCC(C(F)(F)F)CC2)ccn1. The van der Waals surface area contributed by atoms with Crippen molar-refractivity contribution in [3.05, 3.63) is 29.6 Å². The van der Waals surface area contributed by atoms with Crippen molar-refractivity contribution in [3.8, 4) is 0 Å². The number of hydrogen-bond donors (Lipinski definition) is 1. The van der Waals surface area contributed by atoms with E-state index < -0.39 is 18.1 Å². The number of piperidine rings is 1. The van der Waals surface area contributed by atoms with Crippen LogP contribution in [0, 0.1) is 5.92 Å². The molecule has 0 amide bonds. The third-order valence-electron chi connectivity index (χ3n) is 3.50. The van der Waals surface area contributed by atoms with E-state index in [1.807, 2.05) is 4.90 Å². The van der Waals surface area contributed by atoms with Crippen LogP contribution in [-0.2, 0) is 6.54 Å². The van der Waals surface area contributed by atoms with E-state index >= 15 is 0 Å². The number of likely N-dealkylation sites (tertiary alicyclic amines) is 1.